The molecule has 0 atom stereocenters. The minimum absolute atomic E-state index is 0.0813. The number of halogens is 2. The van der Waals surface area contributed by atoms with Crippen LogP contribution in [0.4, 0.5) is 14.5 Å². The van der Waals surface area contributed by atoms with Crippen LogP contribution in [0.5, 0.6) is 0 Å². The lowest BCUT2D eigenvalue weighted by Crippen LogP contribution is -1.99. The van der Waals surface area contributed by atoms with Crippen molar-refractivity contribution in [3.05, 3.63) is 56.8 Å². The van der Waals surface area contributed by atoms with Crippen LogP contribution in [-0.4, -0.2) is 35.8 Å². The number of rotatable bonds is 6. The zero-order valence-corrected chi connectivity index (χ0v) is 13.1. The van der Waals surface area contributed by atoms with Crippen LogP contribution < -0.4 is 0 Å². The summed E-state index contributed by atoms with van der Waals surface area (Å²) < 4.78 is 33.0. The minimum atomic E-state index is -2.84. The first kappa shape index (κ1) is 16.6. The number of hydrogen-bond acceptors (Lipinski definition) is 7. The Morgan fingerprint density at radius 2 is 2.32 bits per heavy atom. The SMILES string of the molecule is O=[N+]([O-])c1cnn(Cc2ccc(C=Nn3c(C(F)F)n[nH]c3=S)o2)c1. The molecule has 3 aromatic rings. The monoisotopic (exact) mass is 369 g/mol. The molecule has 0 amide bonds. The molecular formula is C12H9F2N7O3S. The maximum absolute atomic E-state index is 12.8. The summed E-state index contributed by atoms with van der Waals surface area (Å²) in [7, 11) is 0. The van der Waals surface area contributed by atoms with Gasteiger partial charge in [0.05, 0.1) is 17.7 Å². The Morgan fingerprint density at radius 1 is 1.52 bits per heavy atom. The Kier molecular flexibility index (Phi) is 4.47. The zero-order valence-electron chi connectivity index (χ0n) is 12.2. The summed E-state index contributed by atoms with van der Waals surface area (Å²) in [5.41, 5.74) is -0.137. The summed E-state index contributed by atoms with van der Waals surface area (Å²) in [6.45, 7) is 0.162. The third-order valence-corrected chi connectivity index (χ3v) is 3.27. The fourth-order valence-corrected chi connectivity index (χ4v) is 2.10. The lowest BCUT2D eigenvalue weighted by molar-refractivity contribution is -0.385. The predicted molar refractivity (Wildman–Crippen MR) is 82.1 cm³/mol. The summed E-state index contributed by atoms with van der Waals surface area (Å²) in [4.78, 5) is 10.1. The molecule has 0 aliphatic carbocycles. The molecule has 0 aliphatic rings. The molecule has 0 aliphatic heterocycles. The Bertz CT molecular complexity index is 987. The first-order valence-corrected chi connectivity index (χ1v) is 7.10. The molecule has 130 valence electrons. The van der Waals surface area contributed by atoms with Gasteiger partial charge in [0.2, 0.25) is 10.6 Å². The van der Waals surface area contributed by atoms with E-state index in [0.717, 1.165) is 10.9 Å². The van der Waals surface area contributed by atoms with Crippen LogP contribution in [0.3, 0.4) is 0 Å². The van der Waals surface area contributed by atoms with E-state index < -0.39 is 17.2 Å². The molecule has 3 heterocycles. The second-order valence-corrected chi connectivity index (χ2v) is 5.09. The Morgan fingerprint density at radius 3 is 3.00 bits per heavy atom. The van der Waals surface area contributed by atoms with E-state index in [-0.39, 0.29) is 22.8 Å². The zero-order chi connectivity index (χ0) is 18.0. The molecule has 0 aromatic carbocycles. The molecule has 10 nitrogen and oxygen atoms in total. The van der Waals surface area contributed by atoms with E-state index in [2.05, 4.69) is 20.4 Å². The van der Waals surface area contributed by atoms with Gasteiger partial charge in [0.25, 0.3) is 6.43 Å². The van der Waals surface area contributed by atoms with Crippen LogP contribution in [-0.2, 0) is 6.54 Å². The highest BCUT2D eigenvalue weighted by molar-refractivity contribution is 7.71. The molecule has 3 aromatic heterocycles. The molecule has 0 bridgehead atoms. The van der Waals surface area contributed by atoms with Crippen molar-refractivity contribution in [2.75, 3.05) is 0 Å². The normalized spacial score (nSPS) is 11.6. The lowest BCUT2D eigenvalue weighted by atomic mass is 10.4. The number of nitrogens with zero attached hydrogens (tertiary/aromatic N) is 6. The van der Waals surface area contributed by atoms with E-state index >= 15 is 0 Å². The van der Waals surface area contributed by atoms with Crippen LogP contribution in [0.25, 0.3) is 0 Å². The molecule has 0 spiro atoms. The first-order chi connectivity index (χ1) is 11.9. The van der Waals surface area contributed by atoms with Crippen molar-refractivity contribution in [2.45, 2.75) is 13.0 Å². The van der Waals surface area contributed by atoms with Crippen molar-refractivity contribution in [1.29, 1.82) is 0 Å². The highest BCUT2D eigenvalue weighted by atomic mass is 32.1. The fourth-order valence-electron chi connectivity index (χ4n) is 1.91. The van der Waals surface area contributed by atoms with Crippen LogP contribution in [0, 0.1) is 14.9 Å². The molecule has 0 saturated carbocycles. The van der Waals surface area contributed by atoms with Crippen molar-refractivity contribution < 1.29 is 18.1 Å². The van der Waals surface area contributed by atoms with E-state index in [1.54, 1.807) is 12.1 Å². The number of alkyl halides is 2. The first-order valence-electron chi connectivity index (χ1n) is 6.69. The van der Waals surface area contributed by atoms with Gasteiger partial charge in [-0.3, -0.25) is 14.8 Å². The van der Waals surface area contributed by atoms with E-state index in [0.29, 0.717) is 5.76 Å². The topological polar surface area (TPSA) is 120 Å². The fraction of sp³-hybridized carbons (Fsp3) is 0.167. The standard InChI is InChI=1S/C12H9F2N7O3S/c13-10(14)11-17-18-12(25)20(11)16-4-8-1-2-9(24-8)6-19-5-7(3-15-19)21(22)23/h1-5,10H,6H2,(H,18,25). The summed E-state index contributed by atoms with van der Waals surface area (Å²) in [5, 5.41) is 23.9. The van der Waals surface area contributed by atoms with Gasteiger partial charge in [-0.25, -0.2) is 13.9 Å². The predicted octanol–water partition coefficient (Wildman–Crippen LogP) is 2.51. The molecule has 1 N–H and O–H groups in total. The highest BCUT2D eigenvalue weighted by Gasteiger charge is 2.16. The highest BCUT2D eigenvalue weighted by Crippen LogP contribution is 2.16. The number of furan rings is 1. The van der Waals surface area contributed by atoms with Crippen LogP contribution >= 0.6 is 12.2 Å². The Labute approximate surface area is 142 Å². The second kappa shape index (κ2) is 6.72. The van der Waals surface area contributed by atoms with Gasteiger partial charge >= 0.3 is 5.69 Å². The smallest absolute Gasteiger partial charge is 0.307 e. The number of aromatic nitrogens is 5. The molecule has 0 radical (unpaired) electrons. The van der Waals surface area contributed by atoms with E-state index in [9.17, 15) is 18.9 Å². The van der Waals surface area contributed by atoms with Crippen molar-refractivity contribution in [2.24, 2.45) is 5.10 Å². The van der Waals surface area contributed by atoms with Crippen LogP contribution in [0.15, 0.2) is 34.0 Å². The molecule has 13 heteroatoms. The van der Waals surface area contributed by atoms with E-state index in [4.69, 9.17) is 16.6 Å². The van der Waals surface area contributed by atoms with Gasteiger partial charge in [-0.05, 0) is 24.4 Å². The van der Waals surface area contributed by atoms with Crippen molar-refractivity contribution in [3.8, 4) is 0 Å². The van der Waals surface area contributed by atoms with Gasteiger partial charge < -0.3 is 4.42 Å². The lowest BCUT2D eigenvalue weighted by Gasteiger charge is -1.98. The number of nitrogens with one attached hydrogen (secondary N) is 1. The average molecular weight is 369 g/mol. The molecule has 0 saturated heterocycles. The maximum atomic E-state index is 12.8. The van der Waals surface area contributed by atoms with Gasteiger partial charge in [-0.2, -0.15) is 20.0 Å². The van der Waals surface area contributed by atoms with Gasteiger partial charge in [0.15, 0.2) is 0 Å². The quantitative estimate of drug-likeness (QED) is 0.308. The molecule has 25 heavy (non-hydrogen) atoms. The number of nitro groups is 1. The average Bonchev–Trinajstić information content (AvgIpc) is 3.26. The summed E-state index contributed by atoms with van der Waals surface area (Å²) in [6, 6.07) is 3.17. The molecule has 3 rings (SSSR count). The van der Waals surface area contributed by atoms with E-state index in [1.165, 1.54) is 17.1 Å². The van der Waals surface area contributed by atoms with Crippen molar-refractivity contribution in [3.63, 3.8) is 0 Å². The maximum Gasteiger partial charge on any atom is 0.307 e. The van der Waals surface area contributed by atoms with Gasteiger partial charge in [0, 0.05) is 0 Å². The third kappa shape index (κ3) is 3.65. The number of H-pyrrole nitrogens is 1. The molecular weight excluding hydrogens is 360 g/mol. The Balaban J connectivity index is 1.74. The van der Waals surface area contributed by atoms with Crippen molar-refractivity contribution in [1.82, 2.24) is 24.7 Å². The summed E-state index contributed by atoms with van der Waals surface area (Å²) in [5.74, 6) is 0.112. The van der Waals surface area contributed by atoms with Crippen molar-refractivity contribution >= 4 is 24.1 Å². The summed E-state index contributed by atoms with van der Waals surface area (Å²) >= 11 is 4.82. The van der Waals surface area contributed by atoms with E-state index in [1.807, 2.05) is 0 Å². The number of aromatic amines is 1. The van der Waals surface area contributed by atoms with Gasteiger partial charge in [-0.1, -0.05) is 0 Å². The van der Waals surface area contributed by atoms with Crippen LogP contribution in [0.2, 0.25) is 0 Å². The Hall–Kier alpha value is -3.22. The largest absolute Gasteiger partial charge is 0.458 e. The molecule has 0 unspecified atom stereocenters. The molecule has 0 fully saturated rings. The van der Waals surface area contributed by atoms with Crippen LogP contribution in [0.1, 0.15) is 23.8 Å². The summed E-state index contributed by atoms with van der Waals surface area (Å²) in [6.07, 6.45) is 0.743. The second-order valence-electron chi connectivity index (χ2n) is 4.70. The minimum Gasteiger partial charge on any atom is -0.458 e. The number of hydrogen-bond donors (Lipinski definition) is 1. The third-order valence-electron chi connectivity index (χ3n) is 3.00. The van der Waals surface area contributed by atoms with Gasteiger partial charge in [-0.15, -0.1) is 0 Å². The van der Waals surface area contributed by atoms with Gasteiger partial charge in [0.1, 0.15) is 23.9 Å².